The smallest absolute Gasteiger partial charge is 0.118 e. The van der Waals surface area contributed by atoms with E-state index < -0.39 is 0 Å². The van der Waals surface area contributed by atoms with E-state index in [2.05, 4.69) is 52.1 Å². The Balaban J connectivity index is 1.37. The molecule has 0 fully saturated rings. The summed E-state index contributed by atoms with van der Waals surface area (Å²) in [4.78, 5) is 4.17. The molecule has 0 bridgehead atoms. The van der Waals surface area contributed by atoms with Crippen LogP contribution in [0.15, 0.2) is 72.4 Å². The van der Waals surface area contributed by atoms with Crippen molar-refractivity contribution in [3.8, 4) is 16.9 Å². The molecule has 0 amide bonds. The van der Waals surface area contributed by atoms with Gasteiger partial charge in [0.05, 0.1) is 12.1 Å². The second-order valence-corrected chi connectivity index (χ2v) is 7.74. The summed E-state index contributed by atoms with van der Waals surface area (Å²) in [6, 6.07) is 18.8. The van der Waals surface area contributed by atoms with E-state index in [-0.39, 0.29) is 6.04 Å². The molecule has 28 heavy (non-hydrogen) atoms. The first-order chi connectivity index (χ1) is 13.7. The zero-order valence-electron chi connectivity index (χ0n) is 15.8. The first-order valence-corrected chi connectivity index (χ1v) is 10.1. The number of hydrogen-bond acceptors (Lipinski definition) is 5. The number of nitrogens with one attached hydrogen (secondary N) is 1. The number of nitrogens with two attached hydrogens (primary N) is 1. The van der Waals surface area contributed by atoms with Gasteiger partial charge in [0.2, 0.25) is 0 Å². The van der Waals surface area contributed by atoms with E-state index in [0.29, 0.717) is 0 Å². The second-order valence-electron chi connectivity index (χ2n) is 6.83. The van der Waals surface area contributed by atoms with Gasteiger partial charge in [-0.1, -0.05) is 24.3 Å². The molecule has 0 spiro atoms. The quantitative estimate of drug-likeness (QED) is 0.469. The Morgan fingerprint density at radius 2 is 1.89 bits per heavy atom. The summed E-state index contributed by atoms with van der Waals surface area (Å²) in [7, 11) is 1.68. The van der Waals surface area contributed by atoms with Gasteiger partial charge in [-0.05, 0) is 58.8 Å². The molecule has 2 aromatic carbocycles. The largest absolute Gasteiger partial charge is 0.497 e. The van der Waals surface area contributed by atoms with Crippen LogP contribution in [-0.2, 0) is 6.42 Å². The molecular formula is C23H23N3OS. The first-order valence-electron chi connectivity index (χ1n) is 9.26. The van der Waals surface area contributed by atoms with Crippen LogP contribution < -0.4 is 15.8 Å². The lowest BCUT2D eigenvalue weighted by atomic mass is 10.0. The van der Waals surface area contributed by atoms with Gasteiger partial charge in [-0.25, -0.2) is 0 Å². The predicted molar refractivity (Wildman–Crippen MR) is 118 cm³/mol. The van der Waals surface area contributed by atoms with Crippen molar-refractivity contribution < 1.29 is 4.74 Å². The Labute approximate surface area is 169 Å². The Morgan fingerprint density at radius 1 is 1.04 bits per heavy atom. The average Bonchev–Trinajstić information content (AvgIpc) is 3.21. The van der Waals surface area contributed by atoms with Gasteiger partial charge >= 0.3 is 0 Å². The van der Waals surface area contributed by atoms with E-state index in [1.807, 2.05) is 30.6 Å². The van der Waals surface area contributed by atoms with Crippen molar-refractivity contribution in [2.45, 2.75) is 12.5 Å². The van der Waals surface area contributed by atoms with Crippen LogP contribution >= 0.6 is 11.3 Å². The molecule has 142 valence electrons. The summed E-state index contributed by atoms with van der Waals surface area (Å²) in [5.41, 5.74) is 9.96. The number of hydrogen-bond donors (Lipinski definition) is 2. The van der Waals surface area contributed by atoms with Gasteiger partial charge in [0.15, 0.2) is 0 Å². The van der Waals surface area contributed by atoms with Crippen molar-refractivity contribution in [3.05, 3.63) is 77.9 Å². The van der Waals surface area contributed by atoms with Crippen LogP contribution in [0.1, 0.15) is 5.56 Å². The van der Waals surface area contributed by atoms with Gasteiger partial charge < -0.3 is 15.8 Å². The van der Waals surface area contributed by atoms with Gasteiger partial charge in [0, 0.05) is 35.7 Å². The average molecular weight is 390 g/mol. The standard InChI is InChI=1S/C23H23N3OS/c1-27-22-6-2-16(3-7-22)10-21(24)14-26-23-12-20(15-28-23)17-4-5-19-13-25-9-8-18(19)11-17/h2-9,11-13,15,21,26H,10,14,24H2,1H3/t21-/m0/s1. The SMILES string of the molecule is COc1ccc(C[C@H](N)CNc2cc(-c3ccc4cnccc4c3)cs2)cc1. The number of benzene rings is 2. The minimum absolute atomic E-state index is 0.0483. The topological polar surface area (TPSA) is 60.2 Å². The van der Waals surface area contributed by atoms with Crippen molar-refractivity contribution in [2.24, 2.45) is 5.73 Å². The third-order valence-corrected chi connectivity index (χ3v) is 5.66. The van der Waals surface area contributed by atoms with Crippen molar-refractivity contribution >= 4 is 27.1 Å². The highest BCUT2D eigenvalue weighted by molar-refractivity contribution is 7.14. The van der Waals surface area contributed by atoms with Crippen LogP contribution in [0.2, 0.25) is 0 Å². The van der Waals surface area contributed by atoms with Gasteiger partial charge in [-0.3, -0.25) is 4.98 Å². The number of anilines is 1. The predicted octanol–water partition coefficient (Wildman–Crippen LogP) is 4.95. The lowest BCUT2D eigenvalue weighted by molar-refractivity contribution is 0.414. The first kappa shape index (κ1) is 18.5. The van der Waals surface area contributed by atoms with E-state index in [4.69, 9.17) is 10.5 Å². The molecule has 0 aliphatic rings. The number of pyridine rings is 1. The van der Waals surface area contributed by atoms with E-state index in [1.54, 1.807) is 18.4 Å². The normalized spacial score (nSPS) is 12.1. The Hall–Kier alpha value is -2.89. The van der Waals surface area contributed by atoms with E-state index in [9.17, 15) is 0 Å². The molecule has 2 aromatic heterocycles. The van der Waals surface area contributed by atoms with Crippen molar-refractivity contribution in [1.29, 1.82) is 0 Å². The molecule has 0 unspecified atom stereocenters. The van der Waals surface area contributed by atoms with E-state index in [1.165, 1.54) is 22.1 Å². The van der Waals surface area contributed by atoms with Gasteiger partial charge in [0.25, 0.3) is 0 Å². The van der Waals surface area contributed by atoms with Crippen molar-refractivity contribution in [2.75, 3.05) is 19.0 Å². The zero-order chi connectivity index (χ0) is 19.3. The maximum Gasteiger partial charge on any atom is 0.118 e. The highest BCUT2D eigenvalue weighted by atomic mass is 32.1. The number of fused-ring (bicyclic) bond motifs is 1. The summed E-state index contributed by atoms with van der Waals surface area (Å²) in [5.74, 6) is 0.867. The molecular weight excluding hydrogens is 366 g/mol. The molecule has 5 heteroatoms. The fourth-order valence-electron chi connectivity index (χ4n) is 3.21. The number of thiophene rings is 1. The molecule has 0 aliphatic carbocycles. The summed E-state index contributed by atoms with van der Waals surface area (Å²) in [6.45, 7) is 0.732. The number of aromatic nitrogens is 1. The van der Waals surface area contributed by atoms with Gasteiger partial charge in [-0.2, -0.15) is 0 Å². The number of rotatable bonds is 7. The van der Waals surface area contributed by atoms with Crippen LogP contribution in [0.25, 0.3) is 21.9 Å². The van der Waals surface area contributed by atoms with Gasteiger partial charge in [0.1, 0.15) is 5.75 Å². The molecule has 0 aliphatic heterocycles. The number of methoxy groups -OCH3 is 1. The minimum atomic E-state index is 0.0483. The number of nitrogens with zero attached hydrogens (tertiary/aromatic N) is 1. The fraction of sp³-hybridized carbons (Fsp3) is 0.174. The third kappa shape index (κ3) is 4.32. The summed E-state index contributed by atoms with van der Waals surface area (Å²) < 4.78 is 5.20. The fourth-order valence-corrected chi connectivity index (χ4v) is 4.03. The van der Waals surface area contributed by atoms with Crippen molar-refractivity contribution in [3.63, 3.8) is 0 Å². The Bertz CT molecular complexity index is 1060. The second kappa shape index (κ2) is 8.42. The Morgan fingerprint density at radius 3 is 2.71 bits per heavy atom. The summed E-state index contributed by atoms with van der Waals surface area (Å²) in [6.07, 6.45) is 4.55. The molecule has 2 heterocycles. The third-order valence-electron chi connectivity index (χ3n) is 4.77. The molecule has 4 aromatic rings. The zero-order valence-corrected chi connectivity index (χ0v) is 16.6. The molecule has 4 rings (SSSR count). The molecule has 0 radical (unpaired) electrons. The van der Waals surface area contributed by atoms with Gasteiger partial charge in [-0.15, -0.1) is 11.3 Å². The molecule has 0 saturated heterocycles. The maximum absolute atomic E-state index is 6.31. The molecule has 0 saturated carbocycles. The maximum atomic E-state index is 6.31. The lowest BCUT2D eigenvalue weighted by Crippen LogP contribution is -2.31. The van der Waals surface area contributed by atoms with Crippen LogP contribution in [0.3, 0.4) is 0 Å². The van der Waals surface area contributed by atoms with E-state index in [0.717, 1.165) is 29.1 Å². The monoisotopic (exact) mass is 389 g/mol. The lowest BCUT2D eigenvalue weighted by Gasteiger charge is -2.13. The highest BCUT2D eigenvalue weighted by Gasteiger charge is 2.07. The highest BCUT2D eigenvalue weighted by Crippen LogP contribution is 2.30. The van der Waals surface area contributed by atoms with Crippen LogP contribution in [0, 0.1) is 0 Å². The molecule has 4 nitrogen and oxygen atoms in total. The van der Waals surface area contributed by atoms with Crippen molar-refractivity contribution in [1.82, 2.24) is 4.98 Å². The van der Waals surface area contributed by atoms with E-state index >= 15 is 0 Å². The number of ether oxygens (including phenoxy) is 1. The molecule has 1 atom stereocenters. The minimum Gasteiger partial charge on any atom is -0.497 e. The van der Waals surface area contributed by atoms with Crippen LogP contribution in [-0.4, -0.2) is 24.7 Å². The summed E-state index contributed by atoms with van der Waals surface area (Å²) >= 11 is 1.71. The Kier molecular flexibility index (Phi) is 5.55. The molecule has 3 N–H and O–H groups in total. The van der Waals surface area contributed by atoms with Crippen LogP contribution in [0.5, 0.6) is 5.75 Å². The van der Waals surface area contributed by atoms with Crippen LogP contribution in [0.4, 0.5) is 5.00 Å². The summed E-state index contributed by atoms with van der Waals surface area (Å²) in [5, 5.41) is 9.15.